The topological polar surface area (TPSA) is 0 Å². The Hall–Kier alpha value is -0.846. The fraction of sp³-hybridized carbons (Fsp3) is 0.444. The van der Waals surface area contributed by atoms with Crippen molar-refractivity contribution in [1.29, 1.82) is 0 Å². The average molecular weight is 453 g/mol. The van der Waals surface area contributed by atoms with E-state index >= 15 is 0 Å². The van der Waals surface area contributed by atoms with Crippen LogP contribution in [0.5, 0.6) is 0 Å². The predicted molar refractivity (Wildman–Crippen MR) is 122 cm³/mol. The van der Waals surface area contributed by atoms with Crippen molar-refractivity contribution >= 4 is 0 Å². The summed E-state index contributed by atoms with van der Waals surface area (Å²) in [7, 11) is 0. The molecule has 0 aliphatic heterocycles. The Morgan fingerprint density at radius 2 is 0.643 bits per heavy atom. The summed E-state index contributed by atoms with van der Waals surface area (Å²) in [5, 5.41) is 0. The van der Waals surface area contributed by atoms with Crippen LogP contribution in [0.25, 0.3) is 0 Å². The van der Waals surface area contributed by atoms with Crippen LogP contribution >= 0.6 is 0 Å². The van der Waals surface area contributed by atoms with Crippen molar-refractivity contribution < 1.29 is 32.7 Å². The third kappa shape index (κ3) is 10.1. The van der Waals surface area contributed by atoms with E-state index in [1.54, 1.807) is 0 Å². The Morgan fingerprint density at radius 3 is 0.786 bits per heavy atom. The van der Waals surface area contributed by atoms with Gasteiger partial charge in [-0.15, -0.1) is 0 Å². The second-order valence-corrected chi connectivity index (χ2v) is 7.58. The van der Waals surface area contributed by atoms with Crippen molar-refractivity contribution in [2.75, 3.05) is 0 Å². The van der Waals surface area contributed by atoms with Crippen molar-refractivity contribution in [3.63, 3.8) is 0 Å². The molecule has 0 aliphatic carbocycles. The first-order valence-corrected chi connectivity index (χ1v) is 10.7. The summed E-state index contributed by atoms with van der Waals surface area (Å²) in [6.45, 7) is 13.4. The summed E-state index contributed by atoms with van der Waals surface area (Å²) >= 11 is 0. The first-order valence-electron chi connectivity index (χ1n) is 10.7. The van der Waals surface area contributed by atoms with E-state index < -0.39 is 0 Å². The van der Waals surface area contributed by atoms with Gasteiger partial charge in [-0.05, 0) is 0 Å². The molecule has 0 heterocycles. The van der Waals surface area contributed by atoms with Gasteiger partial charge in [-0.25, -0.2) is 36.4 Å². The minimum absolute atomic E-state index is 0. The molecule has 0 spiro atoms. The van der Waals surface area contributed by atoms with Crippen LogP contribution in [-0.2, 0) is 32.7 Å². The van der Waals surface area contributed by atoms with Crippen molar-refractivity contribution in [3.05, 3.63) is 89.5 Å². The zero-order valence-corrected chi connectivity index (χ0v) is 21.7. The fourth-order valence-electron chi connectivity index (χ4n) is 2.86. The van der Waals surface area contributed by atoms with Crippen molar-refractivity contribution in [1.82, 2.24) is 0 Å². The maximum absolute atomic E-state index is 2.26. The minimum atomic E-state index is 0. The third-order valence-electron chi connectivity index (χ3n) is 5.61. The third-order valence-corrected chi connectivity index (χ3v) is 5.61. The van der Waals surface area contributed by atoms with E-state index in [-0.39, 0.29) is 32.7 Å². The summed E-state index contributed by atoms with van der Waals surface area (Å²) in [4.78, 5) is 0. The Kier molecular flexibility index (Phi) is 15.5. The van der Waals surface area contributed by atoms with Crippen molar-refractivity contribution in [2.24, 2.45) is 0 Å². The van der Waals surface area contributed by atoms with Crippen molar-refractivity contribution in [2.45, 2.75) is 78.6 Å². The molecule has 3 atom stereocenters. The van der Waals surface area contributed by atoms with E-state index in [4.69, 9.17) is 0 Å². The molecule has 150 valence electrons. The second kappa shape index (κ2) is 16.0. The quantitative estimate of drug-likeness (QED) is 0.328. The Balaban J connectivity index is 0.000000384. The molecule has 0 saturated carbocycles. The van der Waals surface area contributed by atoms with Gasteiger partial charge in [0.1, 0.15) is 0 Å². The standard InChI is InChI=1S/3C9H13.Y/c3*1-3-8(2)9-6-4-5-7-9;/h3*4-8H,3H2,1-2H3;/q3*-1;+3. The summed E-state index contributed by atoms with van der Waals surface area (Å²) in [5.41, 5.74) is 4.41. The number of hydrogen-bond donors (Lipinski definition) is 0. The van der Waals surface area contributed by atoms with Gasteiger partial charge in [-0.3, -0.25) is 0 Å². The van der Waals surface area contributed by atoms with E-state index in [1.165, 1.54) is 36.0 Å². The molecular weight excluding hydrogens is 413 g/mol. The summed E-state index contributed by atoms with van der Waals surface area (Å²) in [6, 6.07) is 25.7. The molecule has 0 bridgehead atoms. The molecule has 0 nitrogen and oxygen atoms in total. The molecule has 28 heavy (non-hydrogen) atoms. The summed E-state index contributed by atoms with van der Waals surface area (Å²) < 4.78 is 0. The van der Waals surface area contributed by atoms with Crippen LogP contribution in [0.3, 0.4) is 0 Å². The molecule has 0 fully saturated rings. The van der Waals surface area contributed by atoms with Crippen LogP contribution in [0, 0.1) is 0 Å². The molecule has 0 aliphatic rings. The van der Waals surface area contributed by atoms with Gasteiger partial charge >= 0.3 is 32.7 Å². The Labute approximate surface area is 199 Å². The molecule has 0 radical (unpaired) electrons. The molecule has 3 aromatic carbocycles. The molecular formula is C27H39Y. The van der Waals surface area contributed by atoms with Gasteiger partial charge in [0.2, 0.25) is 0 Å². The molecule has 0 N–H and O–H groups in total. The molecule has 3 unspecified atom stereocenters. The molecule has 0 saturated heterocycles. The molecule has 3 rings (SSSR count). The van der Waals surface area contributed by atoms with Crippen LogP contribution in [0.4, 0.5) is 0 Å². The van der Waals surface area contributed by atoms with Crippen LogP contribution in [0.15, 0.2) is 72.8 Å². The first kappa shape index (κ1) is 27.2. The molecule has 0 amide bonds. The second-order valence-electron chi connectivity index (χ2n) is 7.58. The van der Waals surface area contributed by atoms with Crippen LogP contribution in [-0.4, -0.2) is 0 Å². The number of hydrogen-bond acceptors (Lipinski definition) is 0. The fourth-order valence-corrected chi connectivity index (χ4v) is 2.86. The van der Waals surface area contributed by atoms with Crippen LogP contribution in [0.2, 0.25) is 0 Å². The van der Waals surface area contributed by atoms with E-state index in [9.17, 15) is 0 Å². The normalized spacial score (nSPS) is 13.1. The van der Waals surface area contributed by atoms with Gasteiger partial charge in [0.25, 0.3) is 0 Å². The largest absolute Gasteiger partial charge is 3.00 e. The Bertz CT molecular complexity index is 548. The monoisotopic (exact) mass is 452 g/mol. The SMILES string of the molecule is CCC(C)[c-]1cccc1.CCC(C)[c-]1cccc1.CCC(C)[c-]1cccc1.[Y+3]. The molecule has 1 heteroatoms. The predicted octanol–water partition coefficient (Wildman–Crippen LogP) is 8.75. The smallest absolute Gasteiger partial charge is 0.213 e. The van der Waals surface area contributed by atoms with Gasteiger partial charge < -0.3 is 0 Å². The molecule has 3 aromatic rings. The van der Waals surface area contributed by atoms with Gasteiger partial charge in [0.05, 0.1) is 0 Å². The van der Waals surface area contributed by atoms with Gasteiger partial charge in [0.15, 0.2) is 0 Å². The van der Waals surface area contributed by atoms with Gasteiger partial charge in [0, 0.05) is 0 Å². The zero-order chi connectivity index (χ0) is 20.1. The van der Waals surface area contributed by atoms with E-state index in [2.05, 4.69) is 114 Å². The zero-order valence-electron chi connectivity index (χ0n) is 18.9. The van der Waals surface area contributed by atoms with E-state index in [0.717, 1.165) is 17.8 Å². The molecule has 0 aromatic heterocycles. The van der Waals surface area contributed by atoms with Crippen molar-refractivity contribution in [3.8, 4) is 0 Å². The first-order chi connectivity index (χ1) is 13.0. The minimum Gasteiger partial charge on any atom is -0.213 e. The summed E-state index contributed by atoms with van der Waals surface area (Å²) in [5.74, 6) is 2.21. The summed E-state index contributed by atoms with van der Waals surface area (Å²) in [6.07, 6.45) is 3.72. The van der Waals surface area contributed by atoms with Crippen LogP contribution < -0.4 is 0 Å². The average Bonchev–Trinajstić information content (AvgIpc) is 3.48. The van der Waals surface area contributed by atoms with Gasteiger partial charge in [-0.2, -0.15) is 53.1 Å². The number of rotatable bonds is 6. The van der Waals surface area contributed by atoms with Crippen LogP contribution in [0.1, 0.15) is 95.2 Å². The van der Waals surface area contributed by atoms with E-state index in [0.29, 0.717) is 0 Å². The Morgan fingerprint density at radius 1 is 0.464 bits per heavy atom. The maximum atomic E-state index is 2.26. The maximum Gasteiger partial charge on any atom is 3.00 e. The van der Waals surface area contributed by atoms with E-state index in [1.807, 2.05) is 0 Å². The van der Waals surface area contributed by atoms with Gasteiger partial charge in [-0.1, -0.05) is 78.6 Å².